The molecule has 0 aliphatic rings. The van der Waals surface area contributed by atoms with Crippen LogP contribution in [-0.4, -0.2) is 0 Å². The van der Waals surface area contributed by atoms with Crippen molar-refractivity contribution in [2.45, 2.75) is 5.33 Å². The summed E-state index contributed by atoms with van der Waals surface area (Å²) in [5, 5.41) is 11.9. The zero-order valence-corrected chi connectivity index (χ0v) is 9.08. The maximum Gasteiger partial charge on any atom is 0.0998 e. The number of nitriles is 1. The van der Waals surface area contributed by atoms with Gasteiger partial charge in [-0.25, -0.2) is 0 Å². The predicted molar refractivity (Wildman–Crippen MR) is 61.3 cm³/mol. The summed E-state index contributed by atoms with van der Waals surface area (Å²) in [4.78, 5) is 0. The van der Waals surface area contributed by atoms with Crippen LogP contribution in [0.25, 0.3) is 10.8 Å². The standard InChI is InChI=1S/C12H8BrN/c13-7-9-5-6-10(8-14)12-4-2-1-3-11(9)12/h1-6H,7H2. The van der Waals surface area contributed by atoms with Crippen LogP contribution in [0.4, 0.5) is 0 Å². The Morgan fingerprint density at radius 3 is 2.43 bits per heavy atom. The zero-order valence-electron chi connectivity index (χ0n) is 7.50. The average molecular weight is 246 g/mol. The van der Waals surface area contributed by atoms with Gasteiger partial charge in [-0.1, -0.05) is 46.3 Å². The van der Waals surface area contributed by atoms with Crippen LogP contribution in [0.2, 0.25) is 0 Å². The van der Waals surface area contributed by atoms with E-state index in [9.17, 15) is 0 Å². The Morgan fingerprint density at radius 1 is 1.07 bits per heavy atom. The van der Waals surface area contributed by atoms with Crippen LogP contribution in [0.1, 0.15) is 11.1 Å². The van der Waals surface area contributed by atoms with Gasteiger partial charge < -0.3 is 0 Å². The third kappa shape index (κ3) is 1.40. The van der Waals surface area contributed by atoms with Crippen LogP contribution in [0.3, 0.4) is 0 Å². The molecule has 2 aromatic carbocycles. The minimum atomic E-state index is 0.741. The maximum atomic E-state index is 8.94. The molecule has 0 fully saturated rings. The SMILES string of the molecule is N#Cc1ccc(CBr)c2ccccc12. The topological polar surface area (TPSA) is 23.8 Å². The highest BCUT2D eigenvalue weighted by Crippen LogP contribution is 2.23. The molecule has 1 nitrogen and oxygen atoms in total. The molecule has 0 amide bonds. The van der Waals surface area contributed by atoms with E-state index in [0.717, 1.165) is 21.7 Å². The van der Waals surface area contributed by atoms with Gasteiger partial charge in [0.2, 0.25) is 0 Å². The highest BCUT2D eigenvalue weighted by atomic mass is 79.9. The van der Waals surface area contributed by atoms with E-state index in [1.165, 1.54) is 5.56 Å². The minimum absolute atomic E-state index is 0.741. The Kier molecular flexibility index (Phi) is 2.51. The van der Waals surface area contributed by atoms with Gasteiger partial charge in [-0.15, -0.1) is 0 Å². The van der Waals surface area contributed by atoms with Crippen LogP contribution in [-0.2, 0) is 5.33 Å². The highest BCUT2D eigenvalue weighted by molar-refractivity contribution is 9.08. The van der Waals surface area contributed by atoms with Crippen molar-refractivity contribution < 1.29 is 0 Å². The quantitative estimate of drug-likeness (QED) is 0.705. The van der Waals surface area contributed by atoms with Gasteiger partial charge in [-0.3, -0.25) is 0 Å². The molecule has 0 saturated carbocycles. The van der Waals surface area contributed by atoms with Crippen molar-refractivity contribution in [2.75, 3.05) is 0 Å². The number of nitrogens with zero attached hydrogens (tertiary/aromatic N) is 1. The Balaban J connectivity index is 2.87. The summed E-state index contributed by atoms with van der Waals surface area (Å²) in [5.41, 5.74) is 1.96. The number of benzene rings is 2. The molecule has 0 aliphatic carbocycles. The largest absolute Gasteiger partial charge is 0.192 e. The Morgan fingerprint density at radius 2 is 1.79 bits per heavy atom. The van der Waals surface area contributed by atoms with E-state index in [1.807, 2.05) is 36.4 Å². The predicted octanol–water partition coefficient (Wildman–Crippen LogP) is 3.61. The van der Waals surface area contributed by atoms with Gasteiger partial charge in [-0.2, -0.15) is 5.26 Å². The molecule has 14 heavy (non-hydrogen) atoms. The summed E-state index contributed by atoms with van der Waals surface area (Å²) in [6.07, 6.45) is 0. The zero-order chi connectivity index (χ0) is 9.97. The maximum absolute atomic E-state index is 8.94. The van der Waals surface area contributed by atoms with Crippen molar-refractivity contribution in [2.24, 2.45) is 0 Å². The lowest BCUT2D eigenvalue weighted by Crippen LogP contribution is -1.85. The number of hydrogen-bond acceptors (Lipinski definition) is 1. The van der Waals surface area contributed by atoms with E-state index in [2.05, 4.69) is 22.0 Å². The van der Waals surface area contributed by atoms with Gasteiger partial charge >= 0.3 is 0 Å². The number of alkyl halides is 1. The number of halogens is 1. The first-order valence-corrected chi connectivity index (χ1v) is 5.45. The van der Waals surface area contributed by atoms with Crippen molar-refractivity contribution in [3.63, 3.8) is 0 Å². The van der Waals surface area contributed by atoms with E-state index in [4.69, 9.17) is 5.26 Å². The molecule has 0 radical (unpaired) electrons. The summed E-state index contributed by atoms with van der Waals surface area (Å²) < 4.78 is 0. The molecule has 2 heteroatoms. The summed E-state index contributed by atoms with van der Waals surface area (Å²) in [5.74, 6) is 0. The number of rotatable bonds is 1. The second kappa shape index (κ2) is 3.81. The first-order chi connectivity index (χ1) is 6.86. The van der Waals surface area contributed by atoms with Gasteiger partial charge in [0.25, 0.3) is 0 Å². The third-order valence-corrected chi connectivity index (χ3v) is 2.88. The molecule has 0 spiro atoms. The minimum Gasteiger partial charge on any atom is -0.192 e. The summed E-state index contributed by atoms with van der Waals surface area (Å²) in [6.45, 7) is 0. The van der Waals surface area contributed by atoms with Gasteiger partial charge in [-0.05, 0) is 22.4 Å². The van der Waals surface area contributed by atoms with Gasteiger partial charge in [0.15, 0.2) is 0 Å². The fourth-order valence-corrected chi connectivity index (χ4v) is 2.06. The molecule has 0 saturated heterocycles. The second-order valence-electron chi connectivity index (χ2n) is 3.06. The van der Waals surface area contributed by atoms with E-state index in [1.54, 1.807) is 0 Å². The Bertz CT molecular complexity index is 511. The molecule has 0 heterocycles. The fourth-order valence-electron chi connectivity index (χ4n) is 1.58. The van der Waals surface area contributed by atoms with E-state index in [0.29, 0.717) is 0 Å². The van der Waals surface area contributed by atoms with Crippen LogP contribution in [0.5, 0.6) is 0 Å². The lowest BCUT2D eigenvalue weighted by Gasteiger charge is -2.04. The average Bonchev–Trinajstić information content (AvgIpc) is 2.27. The molecule has 2 aromatic rings. The number of hydrogen-bond donors (Lipinski definition) is 0. The van der Waals surface area contributed by atoms with Crippen molar-refractivity contribution in [1.82, 2.24) is 0 Å². The van der Waals surface area contributed by atoms with Crippen LogP contribution >= 0.6 is 15.9 Å². The van der Waals surface area contributed by atoms with Crippen LogP contribution in [0, 0.1) is 11.3 Å². The summed E-state index contributed by atoms with van der Waals surface area (Å²) in [7, 11) is 0. The second-order valence-corrected chi connectivity index (χ2v) is 3.62. The molecular weight excluding hydrogens is 238 g/mol. The molecule has 0 unspecified atom stereocenters. The lowest BCUT2D eigenvalue weighted by molar-refractivity contribution is 1.46. The Hall–Kier alpha value is -1.33. The highest BCUT2D eigenvalue weighted by Gasteiger charge is 2.03. The molecule has 0 aliphatic heterocycles. The van der Waals surface area contributed by atoms with E-state index < -0.39 is 0 Å². The van der Waals surface area contributed by atoms with Crippen molar-refractivity contribution in [3.8, 4) is 6.07 Å². The molecule has 2 rings (SSSR count). The normalized spacial score (nSPS) is 10.0. The third-order valence-electron chi connectivity index (χ3n) is 2.28. The van der Waals surface area contributed by atoms with Crippen molar-refractivity contribution >= 4 is 26.7 Å². The summed E-state index contributed by atoms with van der Waals surface area (Å²) in [6, 6.07) is 14.1. The smallest absolute Gasteiger partial charge is 0.0998 e. The van der Waals surface area contributed by atoms with Crippen LogP contribution in [0.15, 0.2) is 36.4 Å². The van der Waals surface area contributed by atoms with Gasteiger partial charge in [0.05, 0.1) is 11.6 Å². The van der Waals surface area contributed by atoms with Crippen molar-refractivity contribution in [3.05, 3.63) is 47.5 Å². The fraction of sp³-hybridized carbons (Fsp3) is 0.0833. The van der Waals surface area contributed by atoms with E-state index in [-0.39, 0.29) is 0 Å². The Labute approximate surface area is 91.1 Å². The van der Waals surface area contributed by atoms with Crippen LogP contribution < -0.4 is 0 Å². The molecule has 0 bridgehead atoms. The van der Waals surface area contributed by atoms with Gasteiger partial charge in [0.1, 0.15) is 0 Å². The molecule has 68 valence electrons. The molecule has 0 atom stereocenters. The van der Waals surface area contributed by atoms with E-state index >= 15 is 0 Å². The molecule has 0 aromatic heterocycles. The van der Waals surface area contributed by atoms with Gasteiger partial charge in [0, 0.05) is 5.33 Å². The summed E-state index contributed by atoms with van der Waals surface area (Å²) >= 11 is 3.44. The van der Waals surface area contributed by atoms with Crippen molar-refractivity contribution in [1.29, 1.82) is 5.26 Å². The lowest BCUT2D eigenvalue weighted by atomic mass is 10.0. The monoisotopic (exact) mass is 245 g/mol. The first-order valence-electron chi connectivity index (χ1n) is 4.33. The molecule has 0 N–H and O–H groups in total. The first kappa shape index (κ1) is 9.23. The number of fused-ring (bicyclic) bond motifs is 1. The molecular formula is C12H8BrN.